The second kappa shape index (κ2) is 10.1. The molecule has 0 spiro atoms. The Labute approximate surface area is 104 Å². The molecule has 1 N–H and O–H groups in total. The molecule has 0 aliphatic heterocycles. The first-order valence-electron chi connectivity index (χ1n) is 6.23. The molecule has 0 radical (unpaired) electrons. The summed E-state index contributed by atoms with van der Waals surface area (Å²) < 4.78 is 5.60. The molecule has 0 aromatic heterocycles. The van der Waals surface area contributed by atoms with Crippen LogP contribution in [0.2, 0.25) is 0 Å². The van der Waals surface area contributed by atoms with Crippen molar-refractivity contribution in [2.45, 2.75) is 45.1 Å². The van der Waals surface area contributed by atoms with Gasteiger partial charge in [-0.25, -0.2) is 0 Å². The molecule has 0 saturated heterocycles. The smallest absolute Gasteiger partial charge is 0.306 e. The van der Waals surface area contributed by atoms with Crippen LogP contribution in [0.25, 0.3) is 0 Å². The van der Waals surface area contributed by atoms with Crippen LogP contribution < -0.4 is 0 Å². The molecule has 3 heteroatoms. The van der Waals surface area contributed by atoms with Gasteiger partial charge in [-0.1, -0.05) is 31.9 Å². The summed E-state index contributed by atoms with van der Waals surface area (Å²) in [4.78, 5) is 11.0. The van der Waals surface area contributed by atoms with E-state index in [2.05, 4.69) is 20.1 Å². The molecule has 0 aliphatic rings. The van der Waals surface area contributed by atoms with E-state index < -0.39 is 11.9 Å². The van der Waals surface area contributed by atoms with Crippen LogP contribution in [0.5, 0.6) is 0 Å². The molecule has 0 saturated carbocycles. The van der Waals surface area contributed by atoms with Crippen molar-refractivity contribution in [3.63, 3.8) is 0 Å². The van der Waals surface area contributed by atoms with E-state index in [4.69, 9.17) is 9.84 Å². The molecule has 2 atom stereocenters. The predicted molar refractivity (Wildman–Crippen MR) is 70.0 cm³/mol. The zero-order valence-electron chi connectivity index (χ0n) is 10.7. The summed E-state index contributed by atoms with van der Waals surface area (Å²) >= 11 is 0. The first-order valence-corrected chi connectivity index (χ1v) is 6.23. The standard InChI is InChI=1S/C14H24O3/c1-4-7-8-10-17-13(6-3)11-12(9-5-2)14(15)16/h5-6,12-13H,2-4,7-11H2,1H3,(H,15,16). The molecule has 17 heavy (non-hydrogen) atoms. The molecule has 98 valence electrons. The van der Waals surface area contributed by atoms with Crippen molar-refractivity contribution < 1.29 is 14.6 Å². The first kappa shape index (κ1) is 15.9. The molecule has 0 aromatic rings. The molecule has 0 aliphatic carbocycles. The number of ether oxygens (including phenoxy) is 1. The molecule has 0 bridgehead atoms. The highest BCUT2D eigenvalue weighted by atomic mass is 16.5. The molecule has 0 aromatic carbocycles. The van der Waals surface area contributed by atoms with Crippen molar-refractivity contribution in [1.29, 1.82) is 0 Å². The highest BCUT2D eigenvalue weighted by Gasteiger charge is 2.20. The van der Waals surface area contributed by atoms with E-state index in [1.807, 2.05) is 0 Å². The lowest BCUT2D eigenvalue weighted by molar-refractivity contribution is -0.142. The van der Waals surface area contributed by atoms with Crippen molar-refractivity contribution >= 4 is 5.97 Å². The number of hydrogen-bond acceptors (Lipinski definition) is 2. The summed E-state index contributed by atoms with van der Waals surface area (Å²) in [5, 5.41) is 9.02. The van der Waals surface area contributed by atoms with Gasteiger partial charge in [-0.3, -0.25) is 4.79 Å². The lowest BCUT2D eigenvalue weighted by atomic mass is 9.98. The van der Waals surface area contributed by atoms with E-state index in [1.54, 1.807) is 12.2 Å². The quantitative estimate of drug-likeness (QED) is 0.444. The molecule has 0 rings (SSSR count). The Morgan fingerprint density at radius 3 is 2.59 bits per heavy atom. The SMILES string of the molecule is C=CCC(CC(C=C)OCCCCC)C(=O)O. The molecule has 2 unspecified atom stereocenters. The summed E-state index contributed by atoms with van der Waals surface area (Å²) in [6.45, 7) is 10.1. The average molecular weight is 240 g/mol. The minimum Gasteiger partial charge on any atom is -0.481 e. The van der Waals surface area contributed by atoms with E-state index in [1.165, 1.54) is 0 Å². The molecular weight excluding hydrogens is 216 g/mol. The van der Waals surface area contributed by atoms with Crippen molar-refractivity contribution in [1.82, 2.24) is 0 Å². The van der Waals surface area contributed by atoms with Gasteiger partial charge < -0.3 is 9.84 Å². The Morgan fingerprint density at radius 2 is 2.12 bits per heavy atom. The fraction of sp³-hybridized carbons (Fsp3) is 0.643. The van der Waals surface area contributed by atoms with Gasteiger partial charge in [0.15, 0.2) is 0 Å². The first-order chi connectivity index (χ1) is 8.15. The van der Waals surface area contributed by atoms with Crippen LogP contribution >= 0.6 is 0 Å². The summed E-state index contributed by atoms with van der Waals surface area (Å²) in [6.07, 6.45) is 7.39. The third-order valence-corrected chi connectivity index (χ3v) is 2.66. The van der Waals surface area contributed by atoms with E-state index in [0.717, 1.165) is 19.3 Å². The summed E-state index contributed by atoms with van der Waals surface area (Å²) in [5.74, 6) is -1.23. The van der Waals surface area contributed by atoms with Gasteiger partial charge in [0.1, 0.15) is 0 Å². The monoisotopic (exact) mass is 240 g/mol. The Hall–Kier alpha value is -1.09. The minimum absolute atomic E-state index is 0.173. The lowest BCUT2D eigenvalue weighted by Crippen LogP contribution is -2.21. The van der Waals surface area contributed by atoms with Gasteiger partial charge in [-0.05, 0) is 19.3 Å². The minimum atomic E-state index is -0.797. The van der Waals surface area contributed by atoms with Crippen LogP contribution in [0.4, 0.5) is 0 Å². The largest absolute Gasteiger partial charge is 0.481 e. The Kier molecular flexibility index (Phi) is 9.44. The number of carboxylic acid groups (broad SMARTS) is 1. The molecule has 0 amide bonds. The van der Waals surface area contributed by atoms with E-state index in [-0.39, 0.29) is 6.10 Å². The normalized spacial score (nSPS) is 13.9. The molecular formula is C14H24O3. The fourth-order valence-corrected chi connectivity index (χ4v) is 1.60. The van der Waals surface area contributed by atoms with Gasteiger partial charge in [0.25, 0.3) is 0 Å². The van der Waals surface area contributed by atoms with E-state index in [0.29, 0.717) is 19.4 Å². The van der Waals surface area contributed by atoms with Gasteiger partial charge >= 0.3 is 5.97 Å². The second-order valence-corrected chi connectivity index (χ2v) is 4.15. The van der Waals surface area contributed by atoms with Crippen molar-refractivity contribution in [2.24, 2.45) is 5.92 Å². The van der Waals surface area contributed by atoms with E-state index >= 15 is 0 Å². The number of allylic oxidation sites excluding steroid dienone is 1. The summed E-state index contributed by atoms with van der Waals surface area (Å²) in [5.41, 5.74) is 0. The van der Waals surface area contributed by atoms with Crippen LogP contribution in [0.3, 0.4) is 0 Å². The second-order valence-electron chi connectivity index (χ2n) is 4.15. The van der Waals surface area contributed by atoms with Crippen LogP contribution in [0.15, 0.2) is 25.3 Å². The Bertz CT molecular complexity index is 236. The van der Waals surface area contributed by atoms with Crippen molar-refractivity contribution in [3.8, 4) is 0 Å². The maximum atomic E-state index is 11.0. The fourth-order valence-electron chi connectivity index (χ4n) is 1.60. The highest BCUT2D eigenvalue weighted by molar-refractivity contribution is 5.70. The van der Waals surface area contributed by atoms with Crippen molar-refractivity contribution in [2.75, 3.05) is 6.61 Å². The van der Waals surface area contributed by atoms with Crippen LogP contribution in [0.1, 0.15) is 39.0 Å². The molecule has 3 nitrogen and oxygen atoms in total. The number of carbonyl (C=O) groups is 1. The van der Waals surface area contributed by atoms with Crippen LogP contribution in [-0.2, 0) is 9.53 Å². The lowest BCUT2D eigenvalue weighted by Gasteiger charge is -2.17. The molecule has 0 fully saturated rings. The van der Waals surface area contributed by atoms with Gasteiger partial charge in [-0.15, -0.1) is 13.2 Å². The number of unbranched alkanes of at least 4 members (excludes halogenated alkanes) is 2. The van der Waals surface area contributed by atoms with Crippen molar-refractivity contribution in [3.05, 3.63) is 25.3 Å². The van der Waals surface area contributed by atoms with Crippen LogP contribution in [-0.4, -0.2) is 23.8 Å². The third kappa shape index (κ3) is 7.75. The summed E-state index contributed by atoms with van der Waals surface area (Å²) in [7, 11) is 0. The number of hydrogen-bond donors (Lipinski definition) is 1. The van der Waals surface area contributed by atoms with E-state index in [9.17, 15) is 4.79 Å². The Balaban J connectivity index is 4.03. The van der Waals surface area contributed by atoms with Gasteiger partial charge in [0, 0.05) is 6.61 Å². The zero-order valence-corrected chi connectivity index (χ0v) is 10.7. The highest BCUT2D eigenvalue weighted by Crippen LogP contribution is 2.15. The topological polar surface area (TPSA) is 46.5 Å². The average Bonchev–Trinajstić information content (AvgIpc) is 2.31. The maximum absolute atomic E-state index is 11.0. The summed E-state index contributed by atoms with van der Waals surface area (Å²) in [6, 6.07) is 0. The number of carboxylic acids is 1. The van der Waals surface area contributed by atoms with Gasteiger partial charge in [0.05, 0.1) is 12.0 Å². The Morgan fingerprint density at radius 1 is 1.41 bits per heavy atom. The maximum Gasteiger partial charge on any atom is 0.306 e. The third-order valence-electron chi connectivity index (χ3n) is 2.66. The van der Waals surface area contributed by atoms with Gasteiger partial charge in [0.2, 0.25) is 0 Å². The van der Waals surface area contributed by atoms with Gasteiger partial charge in [-0.2, -0.15) is 0 Å². The predicted octanol–water partition coefficient (Wildman–Crippen LogP) is 3.41. The molecule has 0 heterocycles. The number of rotatable bonds is 11. The number of aliphatic carboxylic acids is 1. The van der Waals surface area contributed by atoms with Crippen LogP contribution in [0, 0.1) is 5.92 Å². The zero-order chi connectivity index (χ0) is 13.1.